The SMILES string of the molecule is CCOc1ccc2ccc(OCC)c(/C=C3\SC(=Nc4cc(Cl)ccc4C)NC3=O)c2c1. The molecule has 1 saturated heterocycles. The summed E-state index contributed by atoms with van der Waals surface area (Å²) in [6.07, 6.45) is 1.86. The van der Waals surface area contributed by atoms with Gasteiger partial charge in [-0.1, -0.05) is 29.8 Å². The van der Waals surface area contributed by atoms with Crippen molar-refractivity contribution in [3.05, 3.63) is 69.6 Å². The summed E-state index contributed by atoms with van der Waals surface area (Å²) in [5, 5.41) is 5.96. The molecule has 3 aromatic carbocycles. The molecule has 0 spiro atoms. The molecule has 32 heavy (non-hydrogen) atoms. The average Bonchev–Trinajstić information content (AvgIpc) is 3.11. The lowest BCUT2D eigenvalue weighted by Crippen LogP contribution is -2.19. The lowest BCUT2D eigenvalue weighted by atomic mass is 10.0. The average molecular weight is 467 g/mol. The molecule has 1 aliphatic rings. The number of carbonyl (C=O) groups excluding carboxylic acids is 1. The Kier molecular flexibility index (Phi) is 6.72. The van der Waals surface area contributed by atoms with Crippen LogP contribution in [0.4, 0.5) is 5.69 Å². The highest BCUT2D eigenvalue weighted by atomic mass is 35.5. The van der Waals surface area contributed by atoms with E-state index in [9.17, 15) is 4.79 Å². The van der Waals surface area contributed by atoms with Gasteiger partial charge >= 0.3 is 0 Å². The summed E-state index contributed by atoms with van der Waals surface area (Å²) >= 11 is 7.40. The van der Waals surface area contributed by atoms with E-state index in [1.165, 1.54) is 11.8 Å². The number of benzene rings is 3. The Labute approximate surface area is 196 Å². The van der Waals surface area contributed by atoms with Crippen molar-refractivity contribution in [2.24, 2.45) is 4.99 Å². The molecule has 1 amide bonds. The van der Waals surface area contributed by atoms with Crippen LogP contribution in [-0.4, -0.2) is 24.3 Å². The first-order valence-electron chi connectivity index (χ1n) is 10.4. The maximum atomic E-state index is 12.7. The van der Waals surface area contributed by atoms with E-state index in [1.807, 2.05) is 69.3 Å². The number of amides is 1. The number of hydrogen-bond acceptors (Lipinski definition) is 5. The third-order valence-electron chi connectivity index (χ3n) is 4.92. The highest BCUT2D eigenvalue weighted by Gasteiger charge is 2.25. The van der Waals surface area contributed by atoms with Crippen LogP contribution in [0.25, 0.3) is 16.8 Å². The zero-order valence-corrected chi connectivity index (χ0v) is 19.6. The zero-order chi connectivity index (χ0) is 22.7. The number of ether oxygens (including phenoxy) is 2. The van der Waals surface area contributed by atoms with Gasteiger partial charge in [0.1, 0.15) is 11.5 Å². The Morgan fingerprint density at radius 3 is 2.62 bits per heavy atom. The molecule has 1 heterocycles. The first-order chi connectivity index (χ1) is 15.5. The fraction of sp³-hybridized carbons (Fsp3) is 0.200. The molecule has 0 aromatic heterocycles. The molecular weight excluding hydrogens is 444 g/mol. The molecule has 0 saturated carbocycles. The van der Waals surface area contributed by atoms with Gasteiger partial charge in [0.15, 0.2) is 5.17 Å². The van der Waals surface area contributed by atoms with Crippen molar-refractivity contribution in [1.82, 2.24) is 5.32 Å². The summed E-state index contributed by atoms with van der Waals surface area (Å²) in [6, 6.07) is 15.4. The topological polar surface area (TPSA) is 59.9 Å². The quantitative estimate of drug-likeness (QED) is 0.422. The molecule has 0 unspecified atom stereocenters. The maximum absolute atomic E-state index is 12.7. The number of carbonyl (C=O) groups is 1. The predicted octanol–water partition coefficient (Wildman–Crippen LogP) is 6.49. The smallest absolute Gasteiger partial charge is 0.264 e. The van der Waals surface area contributed by atoms with Gasteiger partial charge in [0.2, 0.25) is 0 Å². The summed E-state index contributed by atoms with van der Waals surface area (Å²) in [7, 11) is 0. The van der Waals surface area contributed by atoms with Gasteiger partial charge in [0.05, 0.1) is 23.8 Å². The van der Waals surface area contributed by atoms with Crippen molar-refractivity contribution in [2.75, 3.05) is 13.2 Å². The molecule has 7 heteroatoms. The number of aryl methyl sites for hydroxylation is 1. The van der Waals surface area contributed by atoms with Gasteiger partial charge in [-0.15, -0.1) is 0 Å². The Morgan fingerprint density at radius 1 is 1.06 bits per heavy atom. The minimum atomic E-state index is -0.200. The summed E-state index contributed by atoms with van der Waals surface area (Å²) in [5.74, 6) is 1.29. The summed E-state index contributed by atoms with van der Waals surface area (Å²) < 4.78 is 11.6. The highest BCUT2D eigenvalue weighted by molar-refractivity contribution is 8.18. The number of nitrogens with zero attached hydrogens (tertiary/aromatic N) is 1. The van der Waals surface area contributed by atoms with Crippen molar-refractivity contribution in [3.8, 4) is 11.5 Å². The Hall–Kier alpha value is -2.96. The van der Waals surface area contributed by atoms with E-state index in [4.69, 9.17) is 21.1 Å². The normalized spacial score (nSPS) is 16.1. The number of hydrogen-bond donors (Lipinski definition) is 1. The number of aliphatic imine (C=N–C) groups is 1. The number of rotatable bonds is 6. The van der Waals surface area contributed by atoms with Gasteiger partial charge in [0.25, 0.3) is 5.91 Å². The highest BCUT2D eigenvalue weighted by Crippen LogP contribution is 2.36. The minimum absolute atomic E-state index is 0.200. The molecular formula is C25H23ClN2O3S. The standard InChI is InChI=1S/C25H23ClN2O3S/c1-4-30-18-10-7-16-8-11-22(31-5-2)20(19(16)13-18)14-23-24(29)28-25(32-23)27-21-12-17(26)9-6-15(21)3/h6-14H,4-5H2,1-3H3,(H,27,28,29)/b23-14-. The first-order valence-corrected chi connectivity index (χ1v) is 11.6. The van der Waals surface area contributed by atoms with Crippen LogP contribution >= 0.6 is 23.4 Å². The molecule has 0 atom stereocenters. The van der Waals surface area contributed by atoms with Crippen molar-refractivity contribution in [2.45, 2.75) is 20.8 Å². The maximum Gasteiger partial charge on any atom is 0.264 e. The van der Waals surface area contributed by atoms with Gasteiger partial charge in [-0.05, 0) is 85.3 Å². The second-order valence-corrected chi connectivity index (χ2v) is 8.61. The second-order valence-electron chi connectivity index (χ2n) is 7.14. The van der Waals surface area contributed by atoms with E-state index in [2.05, 4.69) is 10.3 Å². The van der Waals surface area contributed by atoms with Gasteiger partial charge in [-0.3, -0.25) is 4.79 Å². The van der Waals surface area contributed by atoms with Crippen LogP contribution in [0.3, 0.4) is 0 Å². The lowest BCUT2D eigenvalue weighted by molar-refractivity contribution is -0.115. The Balaban J connectivity index is 1.76. The van der Waals surface area contributed by atoms with Gasteiger partial charge in [-0.2, -0.15) is 0 Å². The fourth-order valence-corrected chi connectivity index (χ4v) is 4.40. The number of fused-ring (bicyclic) bond motifs is 1. The van der Waals surface area contributed by atoms with E-state index in [-0.39, 0.29) is 5.91 Å². The van der Waals surface area contributed by atoms with Crippen LogP contribution in [0.5, 0.6) is 11.5 Å². The molecule has 0 aliphatic carbocycles. The third kappa shape index (κ3) is 4.76. The van der Waals surface area contributed by atoms with Gasteiger partial charge < -0.3 is 14.8 Å². The number of amidine groups is 1. The molecule has 4 rings (SSSR count). The predicted molar refractivity (Wildman–Crippen MR) is 133 cm³/mol. The number of nitrogens with one attached hydrogen (secondary N) is 1. The van der Waals surface area contributed by atoms with E-state index >= 15 is 0 Å². The van der Waals surface area contributed by atoms with Crippen LogP contribution < -0.4 is 14.8 Å². The Bertz CT molecular complexity index is 1250. The molecule has 3 aromatic rings. The van der Waals surface area contributed by atoms with Crippen molar-refractivity contribution in [3.63, 3.8) is 0 Å². The molecule has 0 bridgehead atoms. The summed E-state index contributed by atoms with van der Waals surface area (Å²) in [6.45, 7) is 6.94. The molecule has 164 valence electrons. The van der Waals surface area contributed by atoms with Gasteiger partial charge in [0, 0.05) is 10.6 Å². The van der Waals surface area contributed by atoms with Crippen LogP contribution in [0.1, 0.15) is 25.0 Å². The number of thioether (sulfide) groups is 1. The third-order valence-corrected chi connectivity index (χ3v) is 6.07. The lowest BCUT2D eigenvalue weighted by Gasteiger charge is -2.12. The largest absolute Gasteiger partial charge is 0.494 e. The minimum Gasteiger partial charge on any atom is -0.494 e. The van der Waals surface area contributed by atoms with Crippen molar-refractivity contribution < 1.29 is 14.3 Å². The second kappa shape index (κ2) is 9.67. The zero-order valence-electron chi connectivity index (χ0n) is 18.1. The fourth-order valence-electron chi connectivity index (χ4n) is 3.41. The monoisotopic (exact) mass is 466 g/mol. The van der Waals surface area contributed by atoms with Crippen LogP contribution in [-0.2, 0) is 4.79 Å². The van der Waals surface area contributed by atoms with Gasteiger partial charge in [-0.25, -0.2) is 4.99 Å². The summed E-state index contributed by atoms with van der Waals surface area (Å²) in [4.78, 5) is 17.9. The van der Waals surface area contributed by atoms with E-state index < -0.39 is 0 Å². The van der Waals surface area contributed by atoms with Crippen LogP contribution in [0.15, 0.2) is 58.4 Å². The van der Waals surface area contributed by atoms with Crippen molar-refractivity contribution >= 4 is 57.0 Å². The molecule has 1 N–H and O–H groups in total. The van der Waals surface area contributed by atoms with Crippen LogP contribution in [0.2, 0.25) is 5.02 Å². The van der Waals surface area contributed by atoms with E-state index in [1.54, 1.807) is 6.07 Å². The molecule has 5 nitrogen and oxygen atoms in total. The molecule has 0 radical (unpaired) electrons. The summed E-state index contributed by atoms with van der Waals surface area (Å²) in [5.41, 5.74) is 2.54. The first kappa shape index (κ1) is 22.2. The molecule has 1 aliphatic heterocycles. The molecule has 1 fully saturated rings. The van der Waals surface area contributed by atoms with E-state index in [0.717, 1.165) is 33.3 Å². The Morgan fingerprint density at radius 2 is 1.84 bits per heavy atom. The van der Waals surface area contributed by atoms with E-state index in [0.29, 0.717) is 34.1 Å². The number of halogens is 1. The van der Waals surface area contributed by atoms with Crippen LogP contribution in [0, 0.1) is 6.92 Å². The van der Waals surface area contributed by atoms with Crippen molar-refractivity contribution in [1.29, 1.82) is 0 Å².